The van der Waals surface area contributed by atoms with E-state index in [0.29, 0.717) is 0 Å². The van der Waals surface area contributed by atoms with Gasteiger partial charge in [0.25, 0.3) is 0 Å². The van der Waals surface area contributed by atoms with Crippen LogP contribution >= 0.6 is 24.8 Å². The normalized spacial score (nSPS) is 21.3. The molecular formula is C13H30Cl2N4O. The molecule has 0 radical (unpaired) electrons. The van der Waals surface area contributed by atoms with Gasteiger partial charge in [-0.2, -0.15) is 0 Å². The Labute approximate surface area is 135 Å². The van der Waals surface area contributed by atoms with Gasteiger partial charge in [0.2, 0.25) is 0 Å². The van der Waals surface area contributed by atoms with Crippen molar-refractivity contribution in [2.75, 3.05) is 85.7 Å². The Kier molecular flexibility index (Phi) is 12.2. The molecule has 2 rings (SSSR count). The van der Waals surface area contributed by atoms with Gasteiger partial charge in [0.05, 0.1) is 13.2 Å². The molecule has 122 valence electrons. The number of halogens is 2. The lowest BCUT2D eigenvalue weighted by Gasteiger charge is -2.31. The first-order valence-corrected chi connectivity index (χ1v) is 7.26. The fraction of sp³-hybridized carbons (Fsp3) is 1.00. The quantitative estimate of drug-likeness (QED) is 0.741. The Hall–Kier alpha value is 0.380. The Morgan fingerprint density at radius 3 is 1.95 bits per heavy atom. The van der Waals surface area contributed by atoms with Gasteiger partial charge >= 0.3 is 0 Å². The summed E-state index contributed by atoms with van der Waals surface area (Å²) in [6.45, 7) is 13.5. The summed E-state index contributed by atoms with van der Waals surface area (Å²) in [5.41, 5.74) is 0. The van der Waals surface area contributed by atoms with Crippen LogP contribution in [0.15, 0.2) is 0 Å². The van der Waals surface area contributed by atoms with Gasteiger partial charge in [-0.1, -0.05) is 0 Å². The van der Waals surface area contributed by atoms with Gasteiger partial charge in [-0.15, -0.1) is 24.8 Å². The van der Waals surface area contributed by atoms with E-state index in [4.69, 9.17) is 4.74 Å². The summed E-state index contributed by atoms with van der Waals surface area (Å²) < 4.78 is 5.37. The van der Waals surface area contributed by atoms with Crippen molar-refractivity contribution in [1.29, 1.82) is 0 Å². The van der Waals surface area contributed by atoms with E-state index in [9.17, 15) is 0 Å². The topological polar surface area (TPSA) is 31.0 Å². The highest BCUT2D eigenvalue weighted by Crippen LogP contribution is 1.97. The number of morpholine rings is 1. The van der Waals surface area contributed by atoms with Crippen LogP contribution < -0.4 is 5.32 Å². The SMILES string of the molecule is CN(CCN1CCNCC1)CCN1CCOCC1.Cl.Cl. The zero-order chi connectivity index (χ0) is 12.6. The van der Waals surface area contributed by atoms with Crippen molar-refractivity contribution >= 4 is 24.8 Å². The zero-order valence-electron chi connectivity index (χ0n) is 12.6. The molecule has 0 aromatic carbocycles. The molecule has 0 saturated carbocycles. The molecule has 2 heterocycles. The predicted molar refractivity (Wildman–Crippen MR) is 88.6 cm³/mol. The molecule has 0 amide bonds. The van der Waals surface area contributed by atoms with Crippen molar-refractivity contribution in [3.8, 4) is 0 Å². The van der Waals surface area contributed by atoms with E-state index in [1.807, 2.05) is 0 Å². The van der Waals surface area contributed by atoms with Crippen LogP contribution in [0.3, 0.4) is 0 Å². The highest BCUT2D eigenvalue weighted by atomic mass is 35.5. The van der Waals surface area contributed by atoms with E-state index in [0.717, 1.165) is 39.4 Å². The number of hydrogen-bond donors (Lipinski definition) is 1. The van der Waals surface area contributed by atoms with Crippen LogP contribution in [0.1, 0.15) is 0 Å². The third kappa shape index (κ3) is 7.98. The maximum atomic E-state index is 5.37. The maximum Gasteiger partial charge on any atom is 0.0594 e. The van der Waals surface area contributed by atoms with Crippen molar-refractivity contribution in [2.45, 2.75) is 0 Å². The number of nitrogens with one attached hydrogen (secondary N) is 1. The molecule has 0 atom stereocenters. The molecule has 2 aliphatic rings. The molecule has 0 aromatic heterocycles. The minimum absolute atomic E-state index is 0. The van der Waals surface area contributed by atoms with Crippen LogP contribution in [0.4, 0.5) is 0 Å². The third-order valence-corrected chi connectivity index (χ3v) is 3.91. The fourth-order valence-electron chi connectivity index (χ4n) is 2.50. The number of rotatable bonds is 6. The largest absolute Gasteiger partial charge is 0.379 e. The average molecular weight is 329 g/mol. The fourth-order valence-corrected chi connectivity index (χ4v) is 2.50. The Morgan fingerprint density at radius 1 is 0.900 bits per heavy atom. The first-order chi connectivity index (χ1) is 8.84. The first kappa shape index (κ1) is 20.4. The summed E-state index contributed by atoms with van der Waals surface area (Å²) >= 11 is 0. The molecule has 0 aromatic rings. The van der Waals surface area contributed by atoms with Crippen molar-refractivity contribution in [3.05, 3.63) is 0 Å². The number of hydrogen-bond acceptors (Lipinski definition) is 5. The molecule has 2 aliphatic heterocycles. The third-order valence-electron chi connectivity index (χ3n) is 3.91. The lowest BCUT2D eigenvalue weighted by Crippen LogP contribution is -2.46. The molecule has 2 saturated heterocycles. The monoisotopic (exact) mass is 328 g/mol. The zero-order valence-corrected chi connectivity index (χ0v) is 14.2. The van der Waals surface area contributed by atoms with Gasteiger partial charge in [0.1, 0.15) is 0 Å². The van der Waals surface area contributed by atoms with Crippen LogP contribution in [0.2, 0.25) is 0 Å². The molecule has 5 nitrogen and oxygen atoms in total. The van der Waals surface area contributed by atoms with E-state index in [1.54, 1.807) is 0 Å². The summed E-state index contributed by atoms with van der Waals surface area (Å²) in [5, 5.41) is 3.40. The summed E-state index contributed by atoms with van der Waals surface area (Å²) in [6, 6.07) is 0. The van der Waals surface area contributed by atoms with Crippen molar-refractivity contribution in [3.63, 3.8) is 0 Å². The van der Waals surface area contributed by atoms with E-state index in [-0.39, 0.29) is 24.8 Å². The Bertz CT molecular complexity index is 202. The molecule has 20 heavy (non-hydrogen) atoms. The minimum atomic E-state index is 0. The second-order valence-corrected chi connectivity index (χ2v) is 5.35. The van der Waals surface area contributed by atoms with E-state index in [1.165, 1.54) is 39.3 Å². The van der Waals surface area contributed by atoms with Crippen molar-refractivity contribution in [1.82, 2.24) is 20.0 Å². The Morgan fingerprint density at radius 2 is 1.40 bits per heavy atom. The van der Waals surface area contributed by atoms with Crippen LogP contribution in [0, 0.1) is 0 Å². The van der Waals surface area contributed by atoms with E-state index < -0.39 is 0 Å². The summed E-state index contributed by atoms with van der Waals surface area (Å²) in [6.07, 6.45) is 0. The second kappa shape index (κ2) is 12.0. The molecule has 1 N–H and O–H groups in total. The summed E-state index contributed by atoms with van der Waals surface area (Å²) in [4.78, 5) is 7.52. The lowest BCUT2D eigenvalue weighted by atomic mass is 10.3. The standard InChI is InChI=1S/C13H28N4O.2ClH/c1-15(6-8-16-4-2-14-3-5-16)7-9-17-10-12-18-13-11-17;;/h14H,2-13H2,1H3;2*1H. The van der Waals surface area contributed by atoms with Gasteiger partial charge in [0, 0.05) is 65.4 Å². The summed E-state index contributed by atoms with van der Waals surface area (Å²) in [7, 11) is 2.24. The molecule has 0 unspecified atom stereocenters. The number of piperazine rings is 1. The molecule has 0 spiro atoms. The molecular weight excluding hydrogens is 299 g/mol. The predicted octanol–water partition coefficient (Wildman–Crippen LogP) is -0.000800. The first-order valence-electron chi connectivity index (χ1n) is 7.26. The molecule has 0 aliphatic carbocycles. The van der Waals surface area contributed by atoms with Crippen LogP contribution in [-0.2, 0) is 4.74 Å². The smallest absolute Gasteiger partial charge is 0.0594 e. The number of likely N-dealkylation sites (N-methyl/N-ethyl adjacent to an activating group) is 1. The van der Waals surface area contributed by atoms with Gasteiger partial charge in [-0.25, -0.2) is 0 Å². The van der Waals surface area contributed by atoms with Crippen molar-refractivity contribution < 1.29 is 4.74 Å². The van der Waals surface area contributed by atoms with Crippen molar-refractivity contribution in [2.24, 2.45) is 0 Å². The number of ether oxygens (including phenoxy) is 1. The average Bonchev–Trinajstić information content (AvgIpc) is 2.45. The van der Waals surface area contributed by atoms with Gasteiger partial charge < -0.3 is 15.0 Å². The van der Waals surface area contributed by atoms with Gasteiger partial charge in [-0.3, -0.25) is 9.80 Å². The number of nitrogens with zero attached hydrogens (tertiary/aromatic N) is 3. The molecule has 0 bridgehead atoms. The second-order valence-electron chi connectivity index (χ2n) is 5.35. The van der Waals surface area contributed by atoms with E-state index >= 15 is 0 Å². The van der Waals surface area contributed by atoms with E-state index in [2.05, 4.69) is 27.1 Å². The summed E-state index contributed by atoms with van der Waals surface area (Å²) in [5.74, 6) is 0. The highest BCUT2D eigenvalue weighted by Gasteiger charge is 2.12. The van der Waals surface area contributed by atoms with Crippen LogP contribution in [0.5, 0.6) is 0 Å². The lowest BCUT2D eigenvalue weighted by molar-refractivity contribution is 0.0341. The minimum Gasteiger partial charge on any atom is -0.379 e. The van der Waals surface area contributed by atoms with Crippen LogP contribution in [0.25, 0.3) is 0 Å². The molecule has 2 fully saturated rings. The highest BCUT2D eigenvalue weighted by molar-refractivity contribution is 5.85. The van der Waals surface area contributed by atoms with Crippen LogP contribution in [-0.4, -0.2) is 100 Å². The van der Waals surface area contributed by atoms with Gasteiger partial charge in [0.15, 0.2) is 0 Å². The maximum absolute atomic E-state index is 5.37. The molecule has 7 heteroatoms. The van der Waals surface area contributed by atoms with Gasteiger partial charge in [-0.05, 0) is 7.05 Å². The Balaban J connectivity index is 0.00000180.